The van der Waals surface area contributed by atoms with E-state index in [4.69, 9.17) is 16.3 Å². The summed E-state index contributed by atoms with van der Waals surface area (Å²) >= 11 is 9.66. The molecule has 1 fully saturated rings. The van der Waals surface area contributed by atoms with Crippen molar-refractivity contribution in [3.05, 3.63) is 99.0 Å². The van der Waals surface area contributed by atoms with Crippen LogP contribution in [-0.2, 0) is 22.6 Å². The number of carbonyl (C=O) groups excluding carboxylic acids is 2. The van der Waals surface area contributed by atoms with Gasteiger partial charge in [-0.15, -0.1) is 0 Å². The fraction of sp³-hybridized carbons (Fsp3) is 0.333. The molecule has 37 heavy (non-hydrogen) atoms. The average molecular weight is 584 g/mol. The normalized spacial score (nSPS) is 14.2. The smallest absolute Gasteiger partial charge is 0.261 e. The van der Waals surface area contributed by atoms with Crippen LogP contribution in [0.4, 0.5) is 0 Å². The Morgan fingerprint density at radius 3 is 2.46 bits per heavy atom. The number of hydrogen-bond donors (Lipinski definition) is 1. The van der Waals surface area contributed by atoms with Crippen molar-refractivity contribution in [1.29, 1.82) is 0 Å². The first kappa shape index (κ1) is 27.2. The van der Waals surface area contributed by atoms with Crippen LogP contribution in [-0.4, -0.2) is 35.4 Å². The van der Waals surface area contributed by atoms with Crippen LogP contribution in [0.2, 0.25) is 5.02 Å². The lowest BCUT2D eigenvalue weighted by molar-refractivity contribution is -0.143. The zero-order valence-electron chi connectivity index (χ0n) is 21.0. The maximum absolute atomic E-state index is 13.7. The van der Waals surface area contributed by atoms with Crippen LogP contribution in [0.1, 0.15) is 42.4 Å². The standard InChI is InChI=1S/C30H32BrClN2O3/c1-21-16-26(14-15-27(21)32)37-20-29(35)34(19-23-10-7-11-24(31)17-23)28(18-22-8-3-2-4-9-22)30(36)33-25-12-5-6-13-25/h2-4,7-11,14-17,25,28H,5-6,12-13,18-20H2,1H3,(H,33,36)/t28-/m0/s1. The quantitative estimate of drug-likeness (QED) is 0.297. The molecule has 1 atom stereocenters. The highest BCUT2D eigenvalue weighted by molar-refractivity contribution is 9.10. The Morgan fingerprint density at radius 1 is 1.03 bits per heavy atom. The molecule has 5 nitrogen and oxygen atoms in total. The summed E-state index contributed by atoms with van der Waals surface area (Å²) in [5.41, 5.74) is 2.79. The molecule has 0 heterocycles. The Bertz CT molecular complexity index is 1210. The van der Waals surface area contributed by atoms with Gasteiger partial charge in [-0.1, -0.05) is 82.8 Å². The Labute approximate surface area is 232 Å². The molecule has 0 aromatic heterocycles. The van der Waals surface area contributed by atoms with E-state index in [0.717, 1.165) is 46.8 Å². The Balaban J connectivity index is 1.61. The number of aryl methyl sites for hydroxylation is 1. The summed E-state index contributed by atoms with van der Waals surface area (Å²) in [7, 11) is 0. The topological polar surface area (TPSA) is 58.6 Å². The zero-order chi connectivity index (χ0) is 26.2. The molecule has 7 heteroatoms. The van der Waals surface area contributed by atoms with E-state index in [2.05, 4.69) is 21.2 Å². The number of nitrogens with zero attached hydrogens (tertiary/aromatic N) is 1. The number of ether oxygens (including phenoxy) is 1. The van der Waals surface area contributed by atoms with E-state index in [-0.39, 0.29) is 31.0 Å². The highest BCUT2D eigenvalue weighted by Gasteiger charge is 2.32. The second-order valence-electron chi connectivity index (χ2n) is 9.55. The third kappa shape index (κ3) is 7.83. The van der Waals surface area contributed by atoms with Crippen molar-refractivity contribution in [2.75, 3.05) is 6.61 Å². The maximum Gasteiger partial charge on any atom is 0.261 e. The van der Waals surface area contributed by atoms with Crippen molar-refractivity contribution in [2.24, 2.45) is 0 Å². The molecular weight excluding hydrogens is 552 g/mol. The highest BCUT2D eigenvalue weighted by Crippen LogP contribution is 2.23. The Kier molecular flexibility index (Phi) is 9.64. The van der Waals surface area contributed by atoms with Crippen LogP contribution >= 0.6 is 27.5 Å². The van der Waals surface area contributed by atoms with E-state index in [1.54, 1.807) is 17.0 Å². The van der Waals surface area contributed by atoms with E-state index < -0.39 is 6.04 Å². The lowest BCUT2D eigenvalue weighted by Gasteiger charge is -2.32. The summed E-state index contributed by atoms with van der Waals surface area (Å²) < 4.78 is 6.79. The number of rotatable bonds is 10. The maximum atomic E-state index is 13.7. The molecule has 4 rings (SSSR count). The molecule has 3 aromatic carbocycles. The van der Waals surface area contributed by atoms with Crippen molar-refractivity contribution in [2.45, 2.75) is 57.7 Å². The van der Waals surface area contributed by atoms with Gasteiger partial charge in [0.15, 0.2) is 6.61 Å². The monoisotopic (exact) mass is 582 g/mol. The van der Waals surface area contributed by atoms with Gasteiger partial charge in [-0.25, -0.2) is 0 Å². The summed E-state index contributed by atoms with van der Waals surface area (Å²) in [6.45, 7) is 1.99. The molecule has 2 amide bonds. The largest absolute Gasteiger partial charge is 0.484 e. The molecule has 1 aliphatic carbocycles. The van der Waals surface area contributed by atoms with Crippen LogP contribution in [0.5, 0.6) is 5.75 Å². The van der Waals surface area contributed by atoms with Gasteiger partial charge in [0.2, 0.25) is 5.91 Å². The number of halogens is 2. The lowest BCUT2D eigenvalue weighted by Crippen LogP contribution is -2.53. The summed E-state index contributed by atoms with van der Waals surface area (Å²) in [6, 6.07) is 22.4. The van der Waals surface area contributed by atoms with E-state index >= 15 is 0 Å². The molecule has 1 N–H and O–H groups in total. The molecule has 0 bridgehead atoms. The minimum Gasteiger partial charge on any atom is -0.484 e. The molecule has 0 saturated heterocycles. The Morgan fingerprint density at radius 2 is 1.76 bits per heavy atom. The number of nitrogens with one attached hydrogen (secondary N) is 1. The SMILES string of the molecule is Cc1cc(OCC(=O)N(Cc2cccc(Br)c2)[C@@H](Cc2ccccc2)C(=O)NC2CCCC2)ccc1Cl. The molecule has 1 aliphatic rings. The van der Waals surface area contributed by atoms with Gasteiger partial charge in [0.05, 0.1) is 0 Å². The third-order valence-corrected chi connectivity index (χ3v) is 7.62. The zero-order valence-corrected chi connectivity index (χ0v) is 23.3. The van der Waals surface area contributed by atoms with Gasteiger partial charge in [0, 0.05) is 28.5 Å². The van der Waals surface area contributed by atoms with Crippen molar-refractivity contribution in [3.63, 3.8) is 0 Å². The van der Waals surface area contributed by atoms with Gasteiger partial charge in [-0.05, 0) is 66.8 Å². The molecule has 0 radical (unpaired) electrons. The van der Waals surface area contributed by atoms with Crippen molar-refractivity contribution >= 4 is 39.3 Å². The van der Waals surface area contributed by atoms with Crippen LogP contribution in [0, 0.1) is 6.92 Å². The third-order valence-electron chi connectivity index (χ3n) is 6.71. The minimum absolute atomic E-state index is 0.124. The first-order valence-corrected chi connectivity index (χ1v) is 13.8. The molecule has 0 unspecified atom stereocenters. The second kappa shape index (κ2) is 13.1. The summed E-state index contributed by atoms with van der Waals surface area (Å²) in [4.78, 5) is 29.1. The number of hydrogen-bond acceptors (Lipinski definition) is 3. The van der Waals surface area contributed by atoms with Gasteiger partial charge in [0.1, 0.15) is 11.8 Å². The average Bonchev–Trinajstić information content (AvgIpc) is 3.40. The molecule has 0 aliphatic heterocycles. The number of benzene rings is 3. The van der Waals surface area contributed by atoms with Crippen molar-refractivity contribution in [1.82, 2.24) is 10.2 Å². The van der Waals surface area contributed by atoms with Gasteiger partial charge >= 0.3 is 0 Å². The summed E-state index contributed by atoms with van der Waals surface area (Å²) in [5, 5.41) is 3.86. The van der Waals surface area contributed by atoms with Crippen molar-refractivity contribution in [3.8, 4) is 5.75 Å². The molecule has 1 saturated carbocycles. The first-order valence-electron chi connectivity index (χ1n) is 12.7. The fourth-order valence-corrected chi connectivity index (χ4v) is 5.25. The summed E-state index contributed by atoms with van der Waals surface area (Å²) in [5.74, 6) is 0.184. The molecular formula is C30H32BrClN2O3. The van der Waals surface area contributed by atoms with E-state index in [1.807, 2.05) is 67.6 Å². The van der Waals surface area contributed by atoms with Gasteiger partial charge in [0.25, 0.3) is 5.91 Å². The van der Waals surface area contributed by atoms with E-state index in [9.17, 15) is 9.59 Å². The summed E-state index contributed by atoms with van der Waals surface area (Å²) in [6.07, 6.45) is 4.59. The predicted molar refractivity (Wildman–Crippen MR) is 151 cm³/mol. The fourth-order valence-electron chi connectivity index (χ4n) is 4.69. The van der Waals surface area contributed by atoms with Crippen LogP contribution < -0.4 is 10.1 Å². The Hall–Kier alpha value is -2.83. The van der Waals surface area contributed by atoms with E-state index in [0.29, 0.717) is 17.2 Å². The second-order valence-corrected chi connectivity index (χ2v) is 10.9. The molecule has 194 valence electrons. The van der Waals surface area contributed by atoms with E-state index in [1.165, 1.54) is 0 Å². The van der Waals surface area contributed by atoms with Crippen LogP contribution in [0.3, 0.4) is 0 Å². The first-order chi connectivity index (χ1) is 17.9. The lowest BCUT2D eigenvalue weighted by atomic mass is 10.0. The van der Waals surface area contributed by atoms with Crippen LogP contribution in [0.25, 0.3) is 0 Å². The highest BCUT2D eigenvalue weighted by atomic mass is 79.9. The van der Waals surface area contributed by atoms with Gasteiger partial charge in [-0.3, -0.25) is 9.59 Å². The number of amides is 2. The van der Waals surface area contributed by atoms with Crippen molar-refractivity contribution < 1.29 is 14.3 Å². The molecule has 3 aromatic rings. The van der Waals surface area contributed by atoms with Gasteiger partial charge < -0.3 is 15.0 Å². The minimum atomic E-state index is -0.676. The number of carbonyl (C=O) groups is 2. The molecule has 0 spiro atoms. The van der Waals surface area contributed by atoms with Gasteiger partial charge in [-0.2, -0.15) is 0 Å². The van der Waals surface area contributed by atoms with Crippen LogP contribution in [0.15, 0.2) is 77.3 Å². The predicted octanol–water partition coefficient (Wildman–Crippen LogP) is 6.49.